The lowest BCUT2D eigenvalue weighted by Gasteiger charge is -2.28. The number of rotatable bonds is 4. The van der Waals surface area contributed by atoms with Crippen molar-refractivity contribution in [1.29, 1.82) is 0 Å². The standard InChI is InChI=1S/C24H19NO2.ClH/c1-24(19-12-4-2-5-13-19,20-14-6-3-7-15-20)23(26)27-21-16-8-10-18-11-9-17-25-22(18)21;/h2-17H,1H3;1H. The summed E-state index contributed by atoms with van der Waals surface area (Å²) in [6.45, 7) is 1.90. The summed E-state index contributed by atoms with van der Waals surface area (Å²) < 4.78 is 5.90. The van der Waals surface area contributed by atoms with Gasteiger partial charge < -0.3 is 4.74 Å². The largest absolute Gasteiger partial charge is 0.423 e. The first-order valence-corrected chi connectivity index (χ1v) is 8.86. The Hall–Kier alpha value is -3.17. The third-order valence-electron chi connectivity index (χ3n) is 4.91. The van der Waals surface area contributed by atoms with Crippen LogP contribution in [0.3, 0.4) is 0 Å². The monoisotopic (exact) mass is 389 g/mol. The fourth-order valence-electron chi connectivity index (χ4n) is 3.31. The number of hydrogen-bond acceptors (Lipinski definition) is 3. The summed E-state index contributed by atoms with van der Waals surface area (Å²) in [6, 6.07) is 28.9. The van der Waals surface area contributed by atoms with Crippen LogP contribution in [0.5, 0.6) is 5.75 Å². The highest BCUT2D eigenvalue weighted by molar-refractivity contribution is 5.92. The third kappa shape index (κ3) is 3.49. The number of aromatic nitrogens is 1. The van der Waals surface area contributed by atoms with E-state index in [1.54, 1.807) is 12.3 Å². The van der Waals surface area contributed by atoms with E-state index < -0.39 is 5.41 Å². The lowest BCUT2D eigenvalue weighted by molar-refractivity contribution is -0.138. The minimum atomic E-state index is -0.931. The second-order valence-electron chi connectivity index (χ2n) is 6.58. The lowest BCUT2D eigenvalue weighted by Crippen LogP contribution is -2.37. The average molecular weight is 390 g/mol. The molecule has 0 unspecified atom stereocenters. The van der Waals surface area contributed by atoms with E-state index in [0.717, 1.165) is 16.5 Å². The molecule has 3 aromatic carbocycles. The van der Waals surface area contributed by atoms with Crippen LogP contribution in [0.1, 0.15) is 18.1 Å². The molecular weight excluding hydrogens is 370 g/mol. The summed E-state index contributed by atoms with van der Waals surface area (Å²) in [5.74, 6) is 0.134. The number of halogens is 1. The van der Waals surface area contributed by atoms with Gasteiger partial charge >= 0.3 is 5.97 Å². The van der Waals surface area contributed by atoms with Crippen LogP contribution in [0.2, 0.25) is 0 Å². The van der Waals surface area contributed by atoms with Gasteiger partial charge in [-0.05, 0) is 30.2 Å². The zero-order valence-corrected chi connectivity index (χ0v) is 16.2. The molecule has 4 aromatic rings. The van der Waals surface area contributed by atoms with Gasteiger partial charge in [-0.1, -0.05) is 78.9 Å². The molecule has 0 fully saturated rings. The number of para-hydroxylation sites is 1. The molecule has 0 aliphatic carbocycles. The van der Waals surface area contributed by atoms with E-state index in [1.165, 1.54) is 0 Å². The van der Waals surface area contributed by atoms with Gasteiger partial charge in [-0.15, -0.1) is 12.4 Å². The summed E-state index contributed by atoms with van der Waals surface area (Å²) in [5, 5.41) is 0.934. The second-order valence-corrected chi connectivity index (χ2v) is 6.58. The minimum absolute atomic E-state index is 0. The molecule has 1 aromatic heterocycles. The van der Waals surface area contributed by atoms with E-state index in [2.05, 4.69) is 4.98 Å². The van der Waals surface area contributed by atoms with Crippen LogP contribution >= 0.6 is 12.4 Å². The molecule has 3 nitrogen and oxygen atoms in total. The quantitative estimate of drug-likeness (QED) is 0.338. The number of nitrogens with zero attached hydrogens (tertiary/aromatic N) is 1. The summed E-state index contributed by atoms with van der Waals surface area (Å²) in [4.78, 5) is 17.8. The first-order chi connectivity index (χ1) is 13.2. The summed E-state index contributed by atoms with van der Waals surface area (Å²) in [6.07, 6.45) is 1.70. The van der Waals surface area contributed by atoms with Crippen molar-refractivity contribution >= 4 is 29.3 Å². The number of benzene rings is 3. The maximum atomic E-state index is 13.4. The van der Waals surface area contributed by atoms with Gasteiger partial charge in [-0.25, -0.2) is 0 Å². The summed E-state index contributed by atoms with van der Waals surface area (Å²) in [7, 11) is 0. The zero-order valence-electron chi connectivity index (χ0n) is 15.4. The molecule has 0 amide bonds. The topological polar surface area (TPSA) is 39.2 Å². The SMILES string of the molecule is CC(C(=O)Oc1cccc2cccnc12)(c1ccccc1)c1ccccc1.Cl. The molecular formula is C24H20ClNO2. The molecule has 0 spiro atoms. The molecule has 1 heterocycles. The Balaban J connectivity index is 0.00000225. The molecule has 0 bridgehead atoms. The van der Waals surface area contributed by atoms with Crippen molar-refractivity contribution < 1.29 is 9.53 Å². The highest BCUT2D eigenvalue weighted by Crippen LogP contribution is 2.35. The molecule has 28 heavy (non-hydrogen) atoms. The van der Waals surface area contributed by atoms with Crippen LogP contribution in [0.15, 0.2) is 97.2 Å². The maximum Gasteiger partial charge on any atom is 0.326 e. The Labute approximate surface area is 170 Å². The first kappa shape index (κ1) is 19.6. The molecule has 140 valence electrons. The van der Waals surface area contributed by atoms with Crippen LogP contribution in [-0.2, 0) is 10.2 Å². The Morgan fingerprint density at radius 2 is 1.36 bits per heavy atom. The molecule has 0 saturated carbocycles. The van der Waals surface area contributed by atoms with Crippen molar-refractivity contribution in [1.82, 2.24) is 4.98 Å². The van der Waals surface area contributed by atoms with E-state index >= 15 is 0 Å². The van der Waals surface area contributed by atoms with Crippen LogP contribution in [0.25, 0.3) is 10.9 Å². The molecule has 0 atom stereocenters. The Morgan fingerprint density at radius 3 is 1.96 bits per heavy atom. The van der Waals surface area contributed by atoms with Crippen LogP contribution < -0.4 is 4.74 Å². The van der Waals surface area contributed by atoms with Crippen molar-refractivity contribution in [3.63, 3.8) is 0 Å². The predicted molar refractivity (Wildman–Crippen MR) is 114 cm³/mol. The number of carbonyl (C=O) groups is 1. The van der Waals surface area contributed by atoms with Crippen LogP contribution in [-0.4, -0.2) is 11.0 Å². The normalized spacial score (nSPS) is 10.9. The van der Waals surface area contributed by atoms with Gasteiger partial charge in [0, 0.05) is 11.6 Å². The van der Waals surface area contributed by atoms with Crippen molar-refractivity contribution in [2.45, 2.75) is 12.3 Å². The number of fused-ring (bicyclic) bond motifs is 1. The van der Waals surface area contributed by atoms with Gasteiger partial charge in [0.05, 0.1) is 0 Å². The van der Waals surface area contributed by atoms with Crippen molar-refractivity contribution in [2.24, 2.45) is 0 Å². The van der Waals surface area contributed by atoms with Gasteiger partial charge in [0.1, 0.15) is 10.9 Å². The number of ether oxygens (including phenoxy) is 1. The molecule has 0 aliphatic rings. The zero-order chi connectivity index (χ0) is 18.7. The third-order valence-corrected chi connectivity index (χ3v) is 4.91. The number of carbonyl (C=O) groups excluding carboxylic acids is 1. The van der Waals surface area contributed by atoms with Gasteiger partial charge in [0.15, 0.2) is 5.75 Å². The Kier molecular flexibility index (Phi) is 5.76. The molecule has 0 N–H and O–H groups in total. The van der Waals surface area contributed by atoms with Crippen LogP contribution in [0, 0.1) is 0 Å². The minimum Gasteiger partial charge on any atom is -0.423 e. The maximum absolute atomic E-state index is 13.4. The smallest absolute Gasteiger partial charge is 0.326 e. The fraction of sp³-hybridized carbons (Fsp3) is 0.0833. The van der Waals surface area contributed by atoms with Gasteiger partial charge in [0.2, 0.25) is 0 Å². The Morgan fingerprint density at radius 1 is 0.786 bits per heavy atom. The molecule has 0 aliphatic heterocycles. The van der Waals surface area contributed by atoms with Crippen molar-refractivity contribution in [3.05, 3.63) is 108 Å². The van der Waals surface area contributed by atoms with E-state index in [4.69, 9.17) is 4.74 Å². The van der Waals surface area contributed by atoms with Crippen molar-refractivity contribution in [3.8, 4) is 5.75 Å². The average Bonchev–Trinajstić information content (AvgIpc) is 2.74. The lowest BCUT2D eigenvalue weighted by atomic mass is 9.76. The van der Waals surface area contributed by atoms with E-state index in [9.17, 15) is 4.79 Å². The molecule has 4 heteroatoms. The predicted octanol–water partition coefficient (Wildman–Crippen LogP) is 5.57. The highest BCUT2D eigenvalue weighted by atomic mass is 35.5. The Bertz CT molecular complexity index is 1040. The van der Waals surface area contributed by atoms with Gasteiger partial charge in [-0.2, -0.15) is 0 Å². The first-order valence-electron chi connectivity index (χ1n) is 8.86. The highest BCUT2D eigenvalue weighted by Gasteiger charge is 2.39. The van der Waals surface area contributed by atoms with Crippen molar-refractivity contribution in [2.75, 3.05) is 0 Å². The van der Waals surface area contributed by atoms with E-state index in [1.807, 2.05) is 91.9 Å². The van der Waals surface area contributed by atoms with E-state index in [0.29, 0.717) is 11.3 Å². The summed E-state index contributed by atoms with van der Waals surface area (Å²) in [5.41, 5.74) is 1.51. The van der Waals surface area contributed by atoms with Gasteiger partial charge in [-0.3, -0.25) is 9.78 Å². The fourth-order valence-corrected chi connectivity index (χ4v) is 3.31. The number of pyridine rings is 1. The summed E-state index contributed by atoms with van der Waals surface area (Å²) >= 11 is 0. The number of hydrogen-bond donors (Lipinski definition) is 0. The van der Waals surface area contributed by atoms with Crippen LogP contribution in [0.4, 0.5) is 0 Å². The second kappa shape index (κ2) is 8.24. The van der Waals surface area contributed by atoms with Gasteiger partial charge in [0.25, 0.3) is 0 Å². The number of esters is 1. The van der Waals surface area contributed by atoms with E-state index in [-0.39, 0.29) is 18.4 Å². The molecule has 0 radical (unpaired) electrons. The molecule has 4 rings (SSSR count). The molecule has 0 saturated heterocycles.